The molecule has 0 unspecified atom stereocenters. The predicted molar refractivity (Wildman–Crippen MR) is 123 cm³/mol. The Balaban J connectivity index is 0.00000280. The summed E-state index contributed by atoms with van der Waals surface area (Å²) < 4.78 is 7.87. The molecule has 0 aromatic carbocycles. The Morgan fingerprint density at radius 1 is 1.21 bits per heavy atom. The van der Waals surface area contributed by atoms with Gasteiger partial charge in [-0.3, -0.25) is 9.89 Å². The van der Waals surface area contributed by atoms with E-state index in [0.29, 0.717) is 5.92 Å². The highest BCUT2D eigenvalue weighted by atomic mass is 127. The highest BCUT2D eigenvalue weighted by Crippen LogP contribution is 2.19. The van der Waals surface area contributed by atoms with Crippen LogP contribution in [0.4, 0.5) is 0 Å². The number of hydrogen-bond donors (Lipinski definition) is 2. The molecule has 0 aliphatic carbocycles. The summed E-state index contributed by atoms with van der Waals surface area (Å²) in [5, 5.41) is 6.86. The van der Waals surface area contributed by atoms with E-state index in [4.69, 9.17) is 4.42 Å². The molecule has 0 saturated carbocycles. The van der Waals surface area contributed by atoms with Crippen molar-refractivity contribution >= 4 is 29.9 Å². The van der Waals surface area contributed by atoms with Gasteiger partial charge in [-0.2, -0.15) is 0 Å². The van der Waals surface area contributed by atoms with Gasteiger partial charge in [-0.05, 0) is 57.8 Å². The minimum Gasteiger partial charge on any atom is -0.444 e. The maximum absolute atomic E-state index is 5.71. The molecule has 156 valence electrons. The average molecular weight is 500 g/mol. The number of rotatable bonds is 7. The molecule has 1 saturated heterocycles. The smallest absolute Gasteiger partial charge is 0.208 e. The fraction of sp³-hybridized carbons (Fsp3) is 0.600. The maximum Gasteiger partial charge on any atom is 0.208 e. The Kier molecular flexibility index (Phi) is 9.30. The summed E-state index contributed by atoms with van der Waals surface area (Å²) in [6, 6.07) is 4.09. The molecule has 0 bridgehead atoms. The predicted octanol–water partition coefficient (Wildman–Crippen LogP) is 2.79. The number of aromatic nitrogens is 2. The van der Waals surface area contributed by atoms with E-state index in [9.17, 15) is 0 Å². The van der Waals surface area contributed by atoms with E-state index in [2.05, 4.69) is 42.5 Å². The van der Waals surface area contributed by atoms with Crippen molar-refractivity contribution in [3.8, 4) is 0 Å². The molecule has 2 N–H and O–H groups in total. The van der Waals surface area contributed by atoms with Crippen LogP contribution in [0.5, 0.6) is 0 Å². The van der Waals surface area contributed by atoms with E-state index >= 15 is 0 Å². The molecule has 0 spiro atoms. The molecule has 2 aromatic rings. The monoisotopic (exact) mass is 500 g/mol. The second-order valence-electron chi connectivity index (χ2n) is 7.27. The van der Waals surface area contributed by atoms with Crippen LogP contribution in [0.15, 0.2) is 33.9 Å². The largest absolute Gasteiger partial charge is 0.444 e. The number of aryl methyl sites for hydroxylation is 2. The van der Waals surface area contributed by atoms with Gasteiger partial charge in [0.1, 0.15) is 5.76 Å². The Bertz CT molecular complexity index is 700. The first kappa shape index (κ1) is 22.7. The van der Waals surface area contributed by atoms with Gasteiger partial charge in [0.25, 0.3) is 0 Å². The molecule has 2 aromatic heterocycles. The van der Waals surface area contributed by atoms with Gasteiger partial charge in [0.05, 0.1) is 12.2 Å². The second-order valence-corrected chi connectivity index (χ2v) is 7.27. The first-order valence-electron chi connectivity index (χ1n) is 9.84. The fourth-order valence-corrected chi connectivity index (χ4v) is 3.43. The minimum absolute atomic E-state index is 0. The lowest BCUT2D eigenvalue weighted by atomic mass is 9.97. The van der Waals surface area contributed by atoms with E-state index in [-0.39, 0.29) is 24.0 Å². The summed E-state index contributed by atoms with van der Waals surface area (Å²) in [7, 11) is 1.83. The standard InChI is InChI=1S/C20H32N6O.HI/c1-16-17(2)27-19(24-16)15-26-11-6-18(7-12-26)14-23-20(21-3)22-8-13-25-9-4-5-10-25;/h4-5,9-10,18H,6-8,11-15H2,1-3H3,(H2,21,22,23);1H. The summed E-state index contributed by atoms with van der Waals surface area (Å²) in [5.74, 6) is 3.33. The lowest BCUT2D eigenvalue weighted by Gasteiger charge is -2.31. The summed E-state index contributed by atoms with van der Waals surface area (Å²) >= 11 is 0. The van der Waals surface area contributed by atoms with E-state index in [1.54, 1.807) is 0 Å². The van der Waals surface area contributed by atoms with Crippen molar-refractivity contribution in [1.82, 2.24) is 25.1 Å². The zero-order valence-corrected chi connectivity index (χ0v) is 19.5. The van der Waals surface area contributed by atoms with Crippen LogP contribution in [0.2, 0.25) is 0 Å². The van der Waals surface area contributed by atoms with E-state index in [0.717, 1.165) is 62.6 Å². The highest BCUT2D eigenvalue weighted by Gasteiger charge is 2.21. The second kappa shape index (κ2) is 11.5. The lowest BCUT2D eigenvalue weighted by Crippen LogP contribution is -2.43. The van der Waals surface area contributed by atoms with Crippen LogP contribution in [0, 0.1) is 19.8 Å². The number of nitrogens with one attached hydrogen (secondary N) is 2. The van der Waals surface area contributed by atoms with Crippen molar-refractivity contribution in [2.24, 2.45) is 10.9 Å². The zero-order valence-electron chi connectivity index (χ0n) is 17.1. The van der Waals surface area contributed by atoms with Crippen LogP contribution in [0.3, 0.4) is 0 Å². The number of halogens is 1. The van der Waals surface area contributed by atoms with Crippen molar-refractivity contribution in [3.05, 3.63) is 41.9 Å². The van der Waals surface area contributed by atoms with Gasteiger partial charge in [0.2, 0.25) is 5.89 Å². The van der Waals surface area contributed by atoms with Gasteiger partial charge >= 0.3 is 0 Å². The van der Waals surface area contributed by atoms with Gasteiger partial charge in [-0.15, -0.1) is 24.0 Å². The Hall–Kier alpha value is -1.55. The number of likely N-dealkylation sites (tertiary alicyclic amines) is 1. The SMILES string of the molecule is CN=C(NCCn1cccc1)NCC1CCN(Cc2nc(C)c(C)o2)CC1.I. The number of nitrogens with zero attached hydrogens (tertiary/aromatic N) is 4. The van der Waals surface area contributed by atoms with E-state index in [1.807, 2.05) is 33.0 Å². The molecule has 28 heavy (non-hydrogen) atoms. The molecule has 0 atom stereocenters. The first-order chi connectivity index (χ1) is 13.1. The molecule has 1 aliphatic rings. The molecule has 8 heteroatoms. The zero-order chi connectivity index (χ0) is 19.1. The van der Waals surface area contributed by atoms with E-state index < -0.39 is 0 Å². The number of guanidine groups is 1. The van der Waals surface area contributed by atoms with Crippen LogP contribution in [-0.4, -0.2) is 53.6 Å². The quantitative estimate of drug-likeness (QED) is 0.348. The minimum atomic E-state index is 0. The summed E-state index contributed by atoms with van der Waals surface area (Å²) in [4.78, 5) is 11.3. The molecule has 3 rings (SSSR count). The van der Waals surface area contributed by atoms with Gasteiger partial charge in [0.15, 0.2) is 5.96 Å². The third-order valence-corrected chi connectivity index (χ3v) is 5.25. The molecular formula is C20H33IN6O. The number of hydrogen-bond acceptors (Lipinski definition) is 4. The maximum atomic E-state index is 5.71. The molecule has 7 nitrogen and oxygen atoms in total. The van der Waals surface area contributed by atoms with Crippen molar-refractivity contribution < 1.29 is 4.42 Å². The molecule has 0 radical (unpaired) electrons. The van der Waals surface area contributed by atoms with Crippen LogP contribution >= 0.6 is 24.0 Å². The van der Waals surface area contributed by atoms with Crippen LogP contribution < -0.4 is 10.6 Å². The highest BCUT2D eigenvalue weighted by molar-refractivity contribution is 14.0. The Morgan fingerprint density at radius 3 is 2.54 bits per heavy atom. The Morgan fingerprint density at radius 2 is 1.93 bits per heavy atom. The third-order valence-electron chi connectivity index (χ3n) is 5.25. The average Bonchev–Trinajstić information content (AvgIpc) is 3.29. The summed E-state index contributed by atoms with van der Waals surface area (Å²) in [6.45, 7) is 9.74. The molecule has 3 heterocycles. The lowest BCUT2D eigenvalue weighted by molar-refractivity contribution is 0.164. The normalized spacial score (nSPS) is 16.0. The van der Waals surface area contributed by atoms with Gasteiger partial charge in [0, 0.05) is 39.1 Å². The summed E-state index contributed by atoms with van der Waals surface area (Å²) in [5.41, 5.74) is 1.000. The number of piperidine rings is 1. The van der Waals surface area contributed by atoms with Crippen molar-refractivity contribution in [3.63, 3.8) is 0 Å². The van der Waals surface area contributed by atoms with Crippen LogP contribution in [0.25, 0.3) is 0 Å². The van der Waals surface area contributed by atoms with Crippen LogP contribution in [0.1, 0.15) is 30.2 Å². The Labute approximate surface area is 185 Å². The first-order valence-corrected chi connectivity index (χ1v) is 9.84. The van der Waals surface area contributed by atoms with Crippen molar-refractivity contribution in [1.29, 1.82) is 0 Å². The number of oxazole rings is 1. The summed E-state index contributed by atoms with van der Waals surface area (Å²) in [6.07, 6.45) is 6.52. The fourth-order valence-electron chi connectivity index (χ4n) is 3.43. The third kappa shape index (κ3) is 6.80. The number of aliphatic imine (C=N–C) groups is 1. The molecule has 0 amide bonds. The molecular weight excluding hydrogens is 467 g/mol. The van der Waals surface area contributed by atoms with Gasteiger partial charge in [-0.1, -0.05) is 0 Å². The van der Waals surface area contributed by atoms with E-state index in [1.165, 1.54) is 12.8 Å². The topological polar surface area (TPSA) is 70.6 Å². The molecule has 1 aliphatic heterocycles. The van der Waals surface area contributed by atoms with Crippen LogP contribution in [-0.2, 0) is 13.1 Å². The van der Waals surface area contributed by atoms with Crippen molar-refractivity contribution in [2.45, 2.75) is 39.8 Å². The van der Waals surface area contributed by atoms with Crippen molar-refractivity contribution in [2.75, 3.05) is 33.2 Å². The molecule has 1 fully saturated rings. The van der Waals surface area contributed by atoms with Gasteiger partial charge < -0.3 is 19.6 Å². The van der Waals surface area contributed by atoms with Gasteiger partial charge in [-0.25, -0.2) is 4.98 Å².